The zero-order valence-electron chi connectivity index (χ0n) is 20.2. The number of amides is 1. The van der Waals surface area contributed by atoms with Crippen LogP contribution in [0.25, 0.3) is 22.2 Å². The molecular formula is C28H30N6O2. The van der Waals surface area contributed by atoms with E-state index in [-0.39, 0.29) is 5.91 Å². The lowest BCUT2D eigenvalue weighted by Gasteiger charge is -2.36. The Kier molecular flexibility index (Phi) is 6.36. The number of pyridine rings is 1. The molecule has 0 atom stereocenters. The van der Waals surface area contributed by atoms with Crippen molar-refractivity contribution in [3.05, 3.63) is 78.1 Å². The maximum absolute atomic E-state index is 12.8. The number of hydrogen-bond donors (Lipinski definition) is 2. The summed E-state index contributed by atoms with van der Waals surface area (Å²) in [4.78, 5) is 22.1. The van der Waals surface area contributed by atoms with Crippen molar-refractivity contribution in [3.63, 3.8) is 0 Å². The van der Waals surface area contributed by atoms with E-state index in [1.54, 1.807) is 6.20 Å². The van der Waals surface area contributed by atoms with Gasteiger partial charge in [-0.2, -0.15) is 5.10 Å². The summed E-state index contributed by atoms with van der Waals surface area (Å²) in [6.45, 7) is 6.44. The van der Waals surface area contributed by atoms with Gasteiger partial charge in [-0.3, -0.25) is 19.8 Å². The summed E-state index contributed by atoms with van der Waals surface area (Å²) in [6, 6.07) is 20.5. The molecule has 2 aromatic heterocycles. The predicted molar refractivity (Wildman–Crippen MR) is 140 cm³/mol. The summed E-state index contributed by atoms with van der Waals surface area (Å²) >= 11 is 0. The molecule has 0 bridgehead atoms. The fourth-order valence-corrected chi connectivity index (χ4v) is 4.98. The number of aromatic amines is 1. The summed E-state index contributed by atoms with van der Waals surface area (Å²) < 4.78 is 5.38. The number of H-pyrrole nitrogens is 1. The second-order valence-electron chi connectivity index (χ2n) is 9.45. The second kappa shape index (κ2) is 10.1. The first-order valence-electron chi connectivity index (χ1n) is 12.6. The molecule has 0 saturated carbocycles. The average molecular weight is 483 g/mol. The SMILES string of the molecule is O=C(NCc1ccccn1)c1ccc2[nH]nc(-c3ccc(N4CCCN(C5COC5)CC4)cc3)c2c1. The van der Waals surface area contributed by atoms with E-state index < -0.39 is 0 Å². The number of hydrogen-bond acceptors (Lipinski definition) is 6. The third-order valence-corrected chi connectivity index (χ3v) is 7.15. The molecule has 8 heteroatoms. The Morgan fingerprint density at radius 3 is 2.69 bits per heavy atom. The zero-order valence-corrected chi connectivity index (χ0v) is 20.2. The highest BCUT2D eigenvalue weighted by molar-refractivity contribution is 6.01. The third kappa shape index (κ3) is 4.69. The molecule has 0 spiro atoms. The Morgan fingerprint density at radius 1 is 1.03 bits per heavy atom. The second-order valence-corrected chi connectivity index (χ2v) is 9.45. The minimum Gasteiger partial charge on any atom is -0.378 e. The van der Waals surface area contributed by atoms with Gasteiger partial charge in [0.05, 0.1) is 42.7 Å². The molecule has 36 heavy (non-hydrogen) atoms. The minimum atomic E-state index is -0.131. The molecular weight excluding hydrogens is 452 g/mol. The van der Waals surface area contributed by atoms with Crippen LogP contribution in [0, 0.1) is 0 Å². The molecule has 0 radical (unpaired) electrons. The molecule has 2 fully saturated rings. The van der Waals surface area contributed by atoms with Crippen LogP contribution in [0.15, 0.2) is 66.9 Å². The number of nitrogens with zero attached hydrogens (tertiary/aromatic N) is 4. The van der Waals surface area contributed by atoms with E-state index >= 15 is 0 Å². The number of carbonyl (C=O) groups excluding carboxylic acids is 1. The first-order chi connectivity index (χ1) is 17.7. The van der Waals surface area contributed by atoms with Crippen LogP contribution in [-0.4, -0.2) is 71.4 Å². The number of ether oxygens (including phenoxy) is 1. The van der Waals surface area contributed by atoms with Crippen LogP contribution in [0.3, 0.4) is 0 Å². The quantitative estimate of drug-likeness (QED) is 0.438. The van der Waals surface area contributed by atoms with Gasteiger partial charge in [-0.15, -0.1) is 0 Å². The van der Waals surface area contributed by atoms with Crippen LogP contribution in [0.4, 0.5) is 5.69 Å². The van der Waals surface area contributed by atoms with Gasteiger partial charge in [0.15, 0.2) is 0 Å². The Bertz CT molecular complexity index is 1330. The summed E-state index contributed by atoms with van der Waals surface area (Å²) in [5, 5.41) is 11.6. The molecule has 0 unspecified atom stereocenters. The molecule has 2 aromatic carbocycles. The molecule has 184 valence electrons. The van der Waals surface area contributed by atoms with Crippen LogP contribution in [-0.2, 0) is 11.3 Å². The standard InChI is InChI=1S/C28H30N6O2/c35-28(30-17-22-4-1-2-11-29-22)21-7-10-26-25(16-21)27(32-31-26)20-5-8-23(9-6-20)33-12-3-13-34(15-14-33)24-18-36-19-24/h1-2,4-11,16,24H,3,12-15,17-19H2,(H,30,35)(H,31,32). The molecule has 2 saturated heterocycles. The monoisotopic (exact) mass is 482 g/mol. The van der Waals surface area contributed by atoms with Gasteiger partial charge < -0.3 is 15.0 Å². The van der Waals surface area contributed by atoms with Crippen molar-refractivity contribution in [2.24, 2.45) is 0 Å². The van der Waals surface area contributed by atoms with E-state index in [0.717, 1.165) is 73.7 Å². The van der Waals surface area contributed by atoms with Crippen molar-refractivity contribution in [1.82, 2.24) is 25.4 Å². The molecule has 0 aliphatic carbocycles. The van der Waals surface area contributed by atoms with Crippen molar-refractivity contribution >= 4 is 22.5 Å². The highest BCUT2D eigenvalue weighted by atomic mass is 16.5. The summed E-state index contributed by atoms with van der Waals surface area (Å²) in [6.07, 6.45) is 2.89. The number of nitrogens with one attached hydrogen (secondary N) is 2. The van der Waals surface area contributed by atoms with E-state index in [0.29, 0.717) is 18.2 Å². The van der Waals surface area contributed by atoms with Crippen LogP contribution < -0.4 is 10.2 Å². The van der Waals surface area contributed by atoms with Gasteiger partial charge in [0.25, 0.3) is 5.91 Å². The van der Waals surface area contributed by atoms with Gasteiger partial charge in [-0.05, 0) is 48.9 Å². The molecule has 4 heterocycles. The number of fused-ring (bicyclic) bond motifs is 1. The molecule has 4 aromatic rings. The molecule has 6 rings (SSSR count). The Balaban J connectivity index is 1.16. The smallest absolute Gasteiger partial charge is 0.251 e. The van der Waals surface area contributed by atoms with Crippen molar-refractivity contribution in [3.8, 4) is 11.3 Å². The summed E-state index contributed by atoms with van der Waals surface area (Å²) in [7, 11) is 0. The molecule has 2 N–H and O–H groups in total. The van der Waals surface area contributed by atoms with Crippen LogP contribution in [0.5, 0.6) is 0 Å². The highest BCUT2D eigenvalue weighted by Crippen LogP contribution is 2.29. The zero-order chi connectivity index (χ0) is 24.3. The first-order valence-corrected chi connectivity index (χ1v) is 12.6. The lowest BCUT2D eigenvalue weighted by molar-refractivity contribution is -0.0625. The van der Waals surface area contributed by atoms with Crippen molar-refractivity contribution in [2.75, 3.05) is 44.3 Å². The maximum atomic E-state index is 12.8. The number of benzene rings is 2. The predicted octanol–water partition coefficient (Wildman–Crippen LogP) is 3.47. The topological polar surface area (TPSA) is 86.4 Å². The Hall–Kier alpha value is -3.75. The summed E-state index contributed by atoms with van der Waals surface area (Å²) in [5.74, 6) is -0.131. The van der Waals surface area contributed by atoms with Crippen molar-refractivity contribution < 1.29 is 9.53 Å². The molecule has 2 aliphatic heterocycles. The van der Waals surface area contributed by atoms with Gasteiger partial charge in [0.2, 0.25) is 0 Å². The number of rotatable bonds is 6. The van der Waals surface area contributed by atoms with Gasteiger partial charge >= 0.3 is 0 Å². The van der Waals surface area contributed by atoms with E-state index in [1.807, 2.05) is 36.4 Å². The molecule has 8 nitrogen and oxygen atoms in total. The van der Waals surface area contributed by atoms with Gasteiger partial charge in [-0.1, -0.05) is 18.2 Å². The van der Waals surface area contributed by atoms with Crippen molar-refractivity contribution in [2.45, 2.75) is 19.0 Å². The number of aromatic nitrogens is 3. The number of carbonyl (C=O) groups is 1. The van der Waals surface area contributed by atoms with E-state index in [9.17, 15) is 4.79 Å². The fourth-order valence-electron chi connectivity index (χ4n) is 4.98. The van der Waals surface area contributed by atoms with Crippen LogP contribution in [0.2, 0.25) is 0 Å². The number of anilines is 1. The van der Waals surface area contributed by atoms with Gasteiger partial charge in [-0.25, -0.2) is 0 Å². The van der Waals surface area contributed by atoms with E-state index in [1.165, 1.54) is 5.69 Å². The fraction of sp³-hybridized carbons (Fsp3) is 0.321. The first kappa shape index (κ1) is 22.7. The molecule has 2 aliphatic rings. The lowest BCUT2D eigenvalue weighted by atomic mass is 10.0. The van der Waals surface area contributed by atoms with Gasteiger partial charge in [0.1, 0.15) is 0 Å². The maximum Gasteiger partial charge on any atom is 0.251 e. The molecule has 1 amide bonds. The normalized spacial score (nSPS) is 17.1. The van der Waals surface area contributed by atoms with Gasteiger partial charge in [0, 0.05) is 54.6 Å². The van der Waals surface area contributed by atoms with E-state index in [4.69, 9.17) is 4.74 Å². The average Bonchev–Trinajstić information content (AvgIpc) is 3.17. The Labute approximate surface area is 210 Å². The van der Waals surface area contributed by atoms with Crippen LogP contribution in [0.1, 0.15) is 22.5 Å². The van der Waals surface area contributed by atoms with E-state index in [2.05, 4.69) is 54.6 Å². The minimum absolute atomic E-state index is 0.131. The largest absolute Gasteiger partial charge is 0.378 e. The summed E-state index contributed by atoms with van der Waals surface area (Å²) in [5.41, 5.74) is 5.44. The highest BCUT2D eigenvalue weighted by Gasteiger charge is 2.27. The Morgan fingerprint density at radius 2 is 1.92 bits per heavy atom. The van der Waals surface area contributed by atoms with Crippen molar-refractivity contribution in [1.29, 1.82) is 0 Å². The third-order valence-electron chi connectivity index (χ3n) is 7.15. The lowest BCUT2D eigenvalue weighted by Crippen LogP contribution is -2.50. The van der Waals surface area contributed by atoms with Crippen LogP contribution >= 0.6 is 0 Å².